The van der Waals surface area contributed by atoms with E-state index in [4.69, 9.17) is 0 Å². The van der Waals surface area contributed by atoms with Crippen molar-refractivity contribution >= 4 is 80.9 Å². The largest absolute Gasteiger partial charge is 0.289 e. The molecule has 0 amide bonds. The summed E-state index contributed by atoms with van der Waals surface area (Å²) in [5, 5.41) is 22.5. The zero-order chi connectivity index (χ0) is 21.3. The predicted molar refractivity (Wildman–Crippen MR) is 118 cm³/mol. The second-order valence-corrected chi connectivity index (χ2v) is 8.85. The summed E-state index contributed by atoms with van der Waals surface area (Å²) in [4.78, 5) is 34.9. The normalized spacial score (nSPS) is 10.5. The maximum absolute atomic E-state index is 12.9. The third-order valence-corrected chi connectivity index (χ3v) is 6.11. The molecule has 9 nitrogen and oxygen atoms in total. The van der Waals surface area contributed by atoms with Gasteiger partial charge in [-0.25, -0.2) is 20.2 Å². The molecule has 0 N–H and O–H groups in total. The summed E-state index contributed by atoms with van der Waals surface area (Å²) in [6.07, 6.45) is 0. The van der Waals surface area contributed by atoms with Crippen LogP contribution in [-0.4, -0.2) is 29.9 Å². The molecule has 0 aromatic heterocycles. The maximum Gasteiger partial charge on any atom is 0.193 e. The zero-order valence-electron chi connectivity index (χ0n) is 14.2. The first-order chi connectivity index (χ1) is 13.0. The van der Waals surface area contributed by atoms with Crippen molar-refractivity contribution in [2.45, 2.75) is 0 Å². The molecule has 28 heavy (non-hydrogen) atoms. The monoisotopic (exact) mass is 642 g/mol. The van der Waals surface area contributed by atoms with E-state index >= 15 is 0 Å². The Kier molecular flexibility index (Phi) is 7.17. The van der Waals surface area contributed by atoms with E-state index in [0.29, 0.717) is 17.9 Å². The molecule has 2 aromatic rings. The SMILES string of the molecule is CN(c1c(Br)cc(C(=O)c2cc(Br)c(N(C)[N+](=O)[O-])c(Br)c2)cc1Br)[N+](=O)[O-]. The van der Waals surface area contributed by atoms with E-state index in [1.807, 2.05) is 0 Å². The molecule has 0 aliphatic carbocycles. The van der Waals surface area contributed by atoms with Crippen LogP contribution < -0.4 is 10.0 Å². The lowest BCUT2D eigenvalue weighted by Gasteiger charge is -2.15. The highest BCUT2D eigenvalue weighted by Crippen LogP contribution is 2.38. The van der Waals surface area contributed by atoms with Crippen LogP contribution >= 0.6 is 63.7 Å². The highest BCUT2D eigenvalue weighted by Gasteiger charge is 2.24. The topological polar surface area (TPSA) is 110 Å². The second kappa shape index (κ2) is 8.84. The molecule has 0 saturated heterocycles. The number of carbonyl (C=O) groups excluding carboxylic acids is 1. The van der Waals surface area contributed by atoms with Gasteiger partial charge in [0.25, 0.3) is 0 Å². The van der Waals surface area contributed by atoms with Crippen LogP contribution in [0.4, 0.5) is 11.4 Å². The Labute approximate surface area is 192 Å². The first-order valence-corrected chi connectivity index (χ1v) is 10.4. The average molecular weight is 646 g/mol. The summed E-state index contributed by atoms with van der Waals surface area (Å²) in [6.45, 7) is 0. The summed E-state index contributed by atoms with van der Waals surface area (Å²) < 4.78 is 1.42. The molecule has 0 atom stereocenters. The smallest absolute Gasteiger partial charge is 0.193 e. The molecule has 0 saturated carbocycles. The molecule has 0 spiro atoms. The predicted octanol–water partition coefficient (Wildman–Crippen LogP) is 5.22. The van der Waals surface area contributed by atoms with E-state index in [0.717, 1.165) is 10.0 Å². The minimum Gasteiger partial charge on any atom is -0.289 e. The summed E-state index contributed by atoms with van der Waals surface area (Å²) >= 11 is 13.0. The fourth-order valence-electron chi connectivity index (χ4n) is 2.34. The van der Waals surface area contributed by atoms with Crippen LogP contribution in [0.5, 0.6) is 0 Å². The Morgan fingerprint density at radius 1 is 0.750 bits per heavy atom. The van der Waals surface area contributed by atoms with E-state index in [2.05, 4.69) is 63.7 Å². The van der Waals surface area contributed by atoms with Crippen LogP contribution in [-0.2, 0) is 0 Å². The third kappa shape index (κ3) is 4.53. The lowest BCUT2D eigenvalue weighted by atomic mass is 10.0. The van der Waals surface area contributed by atoms with Crippen molar-refractivity contribution < 1.29 is 14.9 Å². The number of hydrogen-bond acceptors (Lipinski definition) is 5. The molecule has 0 aliphatic rings. The van der Waals surface area contributed by atoms with Gasteiger partial charge in [0.2, 0.25) is 0 Å². The van der Waals surface area contributed by atoms with Crippen molar-refractivity contribution in [1.82, 2.24) is 0 Å². The molecule has 0 fully saturated rings. The number of nitrogens with zero attached hydrogens (tertiary/aromatic N) is 4. The van der Waals surface area contributed by atoms with E-state index in [9.17, 15) is 25.0 Å². The van der Waals surface area contributed by atoms with Crippen molar-refractivity contribution in [2.75, 3.05) is 24.1 Å². The number of benzene rings is 2. The summed E-state index contributed by atoms with van der Waals surface area (Å²) in [7, 11) is 2.57. The van der Waals surface area contributed by atoms with Crippen LogP contribution in [0.1, 0.15) is 15.9 Å². The molecule has 2 rings (SSSR count). The number of anilines is 2. The van der Waals surface area contributed by atoms with E-state index in [-0.39, 0.29) is 28.3 Å². The number of nitro groups is 2. The Morgan fingerprint density at radius 3 is 1.21 bits per heavy atom. The number of hydrazine groups is 2. The number of hydrogen-bond donors (Lipinski definition) is 0. The van der Waals surface area contributed by atoms with Crippen LogP contribution in [0.3, 0.4) is 0 Å². The van der Waals surface area contributed by atoms with Gasteiger partial charge in [-0.05, 0) is 88.0 Å². The van der Waals surface area contributed by atoms with Gasteiger partial charge in [0.05, 0.1) is 14.1 Å². The molecule has 0 unspecified atom stereocenters. The van der Waals surface area contributed by atoms with E-state index in [1.54, 1.807) is 0 Å². The average Bonchev–Trinajstić information content (AvgIpc) is 2.59. The van der Waals surface area contributed by atoms with Crippen molar-refractivity contribution in [3.05, 3.63) is 73.5 Å². The van der Waals surface area contributed by atoms with Gasteiger partial charge >= 0.3 is 0 Å². The van der Waals surface area contributed by atoms with Gasteiger partial charge in [0, 0.05) is 29.0 Å². The molecule has 13 heteroatoms. The number of ketones is 1. The first-order valence-electron chi connectivity index (χ1n) is 7.24. The molecule has 0 bridgehead atoms. The van der Waals surface area contributed by atoms with Crippen molar-refractivity contribution in [1.29, 1.82) is 0 Å². The standard InChI is InChI=1S/C15H10Br4N4O5/c1-20(22(25)26)13-9(16)3-7(4-10(13)17)15(24)8-5-11(18)14(12(19)6-8)21(2)23(27)28/h3-6H,1-2H3. The quantitative estimate of drug-likeness (QED) is 0.241. The molecule has 0 radical (unpaired) electrons. The Balaban J connectivity index is 2.50. The molecule has 148 valence electrons. The van der Waals surface area contributed by atoms with Crippen molar-refractivity contribution in [3.63, 3.8) is 0 Å². The Morgan fingerprint density at radius 2 is 1.00 bits per heavy atom. The lowest BCUT2D eigenvalue weighted by Crippen LogP contribution is -2.25. The highest BCUT2D eigenvalue weighted by atomic mass is 79.9. The van der Waals surface area contributed by atoms with E-state index in [1.165, 1.54) is 38.4 Å². The molecule has 0 heterocycles. The number of rotatable bonds is 6. The van der Waals surface area contributed by atoms with Crippen LogP contribution in [0.2, 0.25) is 0 Å². The zero-order valence-corrected chi connectivity index (χ0v) is 20.5. The highest BCUT2D eigenvalue weighted by molar-refractivity contribution is 9.11. The van der Waals surface area contributed by atoms with Crippen molar-refractivity contribution in [3.8, 4) is 0 Å². The summed E-state index contributed by atoms with van der Waals surface area (Å²) in [5.41, 5.74) is 1.06. The Bertz CT molecular complexity index is 877. The van der Waals surface area contributed by atoms with Gasteiger partial charge in [0.15, 0.2) is 15.8 Å². The fourth-order valence-corrected chi connectivity index (χ4v) is 5.74. The van der Waals surface area contributed by atoms with Crippen molar-refractivity contribution in [2.24, 2.45) is 0 Å². The van der Waals surface area contributed by atoms with Gasteiger partial charge in [-0.15, -0.1) is 0 Å². The van der Waals surface area contributed by atoms with Gasteiger partial charge < -0.3 is 0 Å². The minimum absolute atomic E-state index is 0.256. The van der Waals surface area contributed by atoms with Crippen LogP contribution in [0.25, 0.3) is 0 Å². The van der Waals surface area contributed by atoms with Gasteiger partial charge in [-0.1, -0.05) is 10.0 Å². The molecular weight excluding hydrogens is 636 g/mol. The minimum atomic E-state index is -0.592. The maximum atomic E-state index is 12.9. The number of halogens is 4. The Hall–Kier alpha value is -1.57. The van der Waals surface area contributed by atoms with E-state index < -0.39 is 10.1 Å². The molecular formula is C15H10Br4N4O5. The molecule has 0 aliphatic heterocycles. The van der Waals surface area contributed by atoms with Crippen LogP contribution in [0.15, 0.2) is 42.2 Å². The van der Waals surface area contributed by atoms with Gasteiger partial charge in [-0.2, -0.15) is 0 Å². The first kappa shape index (κ1) is 22.7. The summed E-state index contributed by atoms with van der Waals surface area (Å²) in [6, 6.07) is 5.89. The second-order valence-electron chi connectivity index (χ2n) is 5.43. The summed E-state index contributed by atoms with van der Waals surface area (Å²) in [5.74, 6) is -0.367. The van der Waals surface area contributed by atoms with Gasteiger partial charge in [-0.3, -0.25) is 4.79 Å². The van der Waals surface area contributed by atoms with Crippen LogP contribution in [0, 0.1) is 20.2 Å². The molecule has 2 aromatic carbocycles. The third-order valence-electron chi connectivity index (χ3n) is 3.70. The fraction of sp³-hybridized carbons (Fsp3) is 0.133. The number of carbonyl (C=O) groups is 1. The van der Waals surface area contributed by atoms with Gasteiger partial charge in [0.1, 0.15) is 11.4 Å². The lowest BCUT2D eigenvalue weighted by molar-refractivity contribution is -0.490.